The summed E-state index contributed by atoms with van der Waals surface area (Å²) >= 11 is 1.26. The molecule has 1 aromatic carbocycles. The van der Waals surface area contributed by atoms with Gasteiger partial charge < -0.3 is 4.90 Å². The third kappa shape index (κ3) is 5.90. The Labute approximate surface area is 172 Å². The monoisotopic (exact) mass is 410 g/mol. The van der Waals surface area contributed by atoms with Crippen molar-refractivity contribution in [2.75, 3.05) is 19.6 Å². The molecule has 1 aromatic heterocycles. The molecule has 1 saturated heterocycles. The number of halogens is 1. The second-order valence-corrected chi connectivity index (χ2v) is 8.29. The van der Waals surface area contributed by atoms with E-state index in [-0.39, 0.29) is 23.1 Å². The van der Waals surface area contributed by atoms with E-state index in [2.05, 4.69) is 4.90 Å². The van der Waals surface area contributed by atoms with Crippen LogP contribution in [0.1, 0.15) is 68.6 Å². The molecule has 0 atom stereocenters. The number of Topliss-reactive ketones (excluding diaryl/α,β-unsaturated/α-hetero) is 1. The van der Waals surface area contributed by atoms with Crippen LogP contribution in [-0.2, 0) is 6.54 Å². The van der Waals surface area contributed by atoms with Gasteiger partial charge in [-0.05, 0) is 63.5 Å². The number of benzene rings is 1. The molecule has 1 aliphatic heterocycles. The topological polar surface area (TPSA) is 42.3 Å². The SMILES string of the molecule is CCC(=O)c1ccc2c(c1)sc(=O)n2CCCCCN1CCCCCC1.Cl. The summed E-state index contributed by atoms with van der Waals surface area (Å²) in [6, 6.07) is 5.67. The van der Waals surface area contributed by atoms with Crippen molar-refractivity contribution in [1.82, 2.24) is 9.47 Å². The van der Waals surface area contributed by atoms with Crippen molar-refractivity contribution in [3.8, 4) is 0 Å². The molecule has 27 heavy (non-hydrogen) atoms. The molecule has 3 rings (SSSR count). The van der Waals surface area contributed by atoms with E-state index in [4.69, 9.17) is 0 Å². The number of carbonyl (C=O) groups excluding carboxylic acids is 1. The Hall–Kier alpha value is -1.17. The first-order valence-corrected chi connectivity index (χ1v) is 10.9. The molecule has 0 aliphatic carbocycles. The third-order valence-corrected chi connectivity index (χ3v) is 6.31. The summed E-state index contributed by atoms with van der Waals surface area (Å²) in [5.41, 5.74) is 1.69. The highest BCUT2D eigenvalue weighted by atomic mass is 35.5. The van der Waals surface area contributed by atoms with Crippen molar-refractivity contribution >= 4 is 39.7 Å². The number of hydrogen-bond acceptors (Lipinski definition) is 4. The molecule has 0 N–H and O–H groups in total. The van der Waals surface area contributed by atoms with E-state index < -0.39 is 0 Å². The van der Waals surface area contributed by atoms with Gasteiger partial charge in [0.2, 0.25) is 0 Å². The summed E-state index contributed by atoms with van der Waals surface area (Å²) in [7, 11) is 0. The average molecular weight is 411 g/mol. The van der Waals surface area contributed by atoms with Gasteiger partial charge in [-0.2, -0.15) is 0 Å². The first kappa shape index (κ1) is 22.1. The van der Waals surface area contributed by atoms with Gasteiger partial charge in [-0.3, -0.25) is 14.2 Å². The number of fused-ring (bicyclic) bond motifs is 1. The van der Waals surface area contributed by atoms with Gasteiger partial charge in [0.25, 0.3) is 0 Å². The number of hydrogen-bond donors (Lipinski definition) is 0. The van der Waals surface area contributed by atoms with Crippen LogP contribution in [-0.4, -0.2) is 34.9 Å². The number of likely N-dealkylation sites (tertiary alicyclic amines) is 1. The molecule has 0 saturated carbocycles. The third-order valence-electron chi connectivity index (χ3n) is 5.37. The Bertz CT molecular complexity index is 791. The van der Waals surface area contributed by atoms with Crippen molar-refractivity contribution in [3.63, 3.8) is 0 Å². The minimum absolute atomic E-state index is 0. The fourth-order valence-electron chi connectivity index (χ4n) is 3.80. The molecule has 0 unspecified atom stereocenters. The summed E-state index contributed by atoms with van der Waals surface area (Å²) in [5.74, 6) is 0.132. The number of ketones is 1. The Kier molecular flexibility index (Phi) is 9.00. The van der Waals surface area contributed by atoms with Crippen LogP contribution in [0.2, 0.25) is 0 Å². The Morgan fingerprint density at radius 3 is 2.44 bits per heavy atom. The molecule has 1 fully saturated rings. The van der Waals surface area contributed by atoms with Crippen LogP contribution in [0.5, 0.6) is 0 Å². The fourth-order valence-corrected chi connectivity index (χ4v) is 4.75. The molecule has 0 bridgehead atoms. The highest BCUT2D eigenvalue weighted by Gasteiger charge is 2.11. The number of aryl methyl sites for hydroxylation is 1. The highest BCUT2D eigenvalue weighted by molar-refractivity contribution is 7.16. The number of rotatable bonds is 8. The van der Waals surface area contributed by atoms with E-state index in [1.807, 2.05) is 29.7 Å². The molecular weight excluding hydrogens is 380 g/mol. The normalized spacial score (nSPS) is 15.4. The number of nitrogens with zero attached hydrogens (tertiary/aromatic N) is 2. The second kappa shape index (κ2) is 11.0. The van der Waals surface area contributed by atoms with Crippen LogP contribution in [0.4, 0.5) is 0 Å². The van der Waals surface area contributed by atoms with Crippen LogP contribution >= 0.6 is 23.7 Å². The number of thiazole rings is 1. The molecule has 2 aromatic rings. The van der Waals surface area contributed by atoms with Gasteiger partial charge in [-0.1, -0.05) is 37.5 Å². The summed E-state index contributed by atoms with van der Waals surface area (Å²) in [4.78, 5) is 26.9. The Morgan fingerprint density at radius 2 is 1.74 bits per heavy atom. The van der Waals surface area contributed by atoms with Gasteiger partial charge in [0, 0.05) is 18.5 Å². The van der Waals surface area contributed by atoms with Crippen LogP contribution in [0.25, 0.3) is 10.2 Å². The Balaban J connectivity index is 0.00000261. The van der Waals surface area contributed by atoms with Crippen molar-refractivity contribution < 1.29 is 4.79 Å². The van der Waals surface area contributed by atoms with Crippen LogP contribution in [0.15, 0.2) is 23.0 Å². The molecular formula is C21H31ClN2O2S. The summed E-state index contributed by atoms with van der Waals surface area (Å²) < 4.78 is 2.81. The van der Waals surface area contributed by atoms with Gasteiger partial charge in [-0.25, -0.2) is 0 Å². The zero-order valence-corrected chi connectivity index (χ0v) is 17.9. The molecule has 6 heteroatoms. The Morgan fingerprint density at radius 1 is 1.04 bits per heavy atom. The van der Waals surface area contributed by atoms with Gasteiger partial charge in [0.1, 0.15) is 0 Å². The van der Waals surface area contributed by atoms with E-state index in [9.17, 15) is 9.59 Å². The van der Waals surface area contributed by atoms with Gasteiger partial charge in [0.15, 0.2) is 5.78 Å². The lowest BCUT2D eigenvalue weighted by Gasteiger charge is -2.19. The standard InChI is InChI=1S/C21H30N2O2S.ClH/c1-2-19(24)17-10-11-18-20(16-17)26-21(25)23(18)15-9-5-8-14-22-12-6-3-4-7-13-22;/h10-11,16H,2-9,12-15H2,1H3;1H. The fraction of sp³-hybridized carbons (Fsp3) is 0.619. The second-order valence-electron chi connectivity index (χ2n) is 7.30. The maximum Gasteiger partial charge on any atom is 0.308 e. The number of aromatic nitrogens is 1. The van der Waals surface area contributed by atoms with Crippen LogP contribution < -0.4 is 4.87 Å². The lowest BCUT2D eigenvalue weighted by molar-refractivity contribution is 0.0988. The van der Waals surface area contributed by atoms with E-state index in [0.717, 1.165) is 29.6 Å². The van der Waals surface area contributed by atoms with E-state index in [1.165, 1.54) is 63.1 Å². The largest absolute Gasteiger partial charge is 0.308 e. The molecule has 1 aliphatic rings. The van der Waals surface area contributed by atoms with Gasteiger partial charge in [-0.15, -0.1) is 12.4 Å². The maximum absolute atomic E-state index is 12.3. The first-order valence-electron chi connectivity index (χ1n) is 10.1. The highest BCUT2D eigenvalue weighted by Crippen LogP contribution is 2.20. The zero-order valence-electron chi connectivity index (χ0n) is 16.2. The van der Waals surface area contributed by atoms with Crippen molar-refractivity contribution in [2.45, 2.75) is 64.8 Å². The van der Waals surface area contributed by atoms with E-state index in [0.29, 0.717) is 12.0 Å². The van der Waals surface area contributed by atoms with Crippen molar-refractivity contribution in [1.29, 1.82) is 0 Å². The van der Waals surface area contributed by atoms with E-state index in [1.54, 1.807) is 0 Å². The average Bonchev–Trinajstić information content (AvgIpc) is 2.81. The number of carbonyl (C=O) groups is 1. The van der Waals surface area contributed by atoms with Crippen LogP contribution in [0.3, 0.4) is 0 Å². The molecule has 0 spiro atoms. The predicted octanol–water partition coefficient (Wildman–Crippen LogP) is 5.12. The lowest BCUT2D eigenvalue weighted by Crippen LogP contribution is -2.25. The quantitative estimate of drug-likeness (QED) is 0.447. The molecule has 0 amide bonds. The summed E-state index contributed by atoms with van der Waals surface area (Å²) in [6.45, 7) is 6.36. The molecule has 0 radical (unpaired) electrons. The van der Waals surface area contributed by atoms with Crippen LogP contribution in [0, 0.1) is 0 Å². The molecule has 4 nitrogen and oxygen atoms in total. The molecule has 2 heterocycles. The van der Waals surface area contributed by atoms with Crippen molar-refractivity contribution in [2.24, 2.45) is 0 Å². The minimum atomic E-state index is 0. The zero-order chi connectivity index (χ0) is 18.4. The maximum atomic E-state index is 12.3. The smallest absolute Gasteiger partial charge is 0.303 e. The summed E-state index contributed by atoms with van der Waals surface area (Å²) in [6.07, 6.45) is 9.37. The first-order chi connectivity index (χ1) is 12.7. The van der Waals surface area contributed by atoms with E-state index >= 15 is 0 Å². The van der Waals surface area contributed by atoms with Crippen molar-refractivity contribution in [3.05, 3.63) is 33.4 Å². The minimum Gasteiger partial charge on any atom is -0.303 e. The van der Waals surface area contributed by atoms with Gasteiger partial charge in [0.05, 0.1) is 10.2 Å². The summed E-state index contributed by atoms with van der Waals surface area (Å²) in [5, 5.41) is 0. The van der Waals surface area contributed by atoms with Gasteiger partial charge >= 0.3 is 4.87 Å². The predicted molar refractivity (Wildman–Crippen MR) is 117 cm³/mol. The lowest BCUT2D eigenvalue weighted by atomic mass is 10.1. The number of unbranched alkanes of at least 4 members (excludes halogenated alkanes) is 2. The molecule has 150 valence electrons.